The Kier molecular flexibility index (Phi) is 27.1. The standard InChI is InChI=1S/C10H17N3O4.C5H12.C3H8.CH4O/c14-8(3-4-9(15)12-17)11-7-10(16)13-5-1-2-6-13;1-3-5-4-2;1-3-2;1-2/h17H,1-7H2,(H,11,14)(H,12,15);3-5H2,1-2H3;3H2,1-2H3;2H,1H3. The number of aliphatic hydroxyl groups excluding tert-OH is 1. The fourth-order valence-corrected chi connectivity index (χ4v) is 1.98. The van der Waals surface area contributed by atoms with Gasteiger partial charge in [-0.3, -0.25) is 19.6 Å². The number of likely N-dealkylation sites (tertiary alicyclic amines) is 1. The summed E-state index contributed by atoms with van der Waals surface area (Å²) in [6.45, 7) is 10.1. The van der Waals surface area contributed by atoms with E-state index in [1.54, 1.807) is 4.90 Å². The zero-order valence-electron chi connectivity index (χ0n) is 17.8. The monoisotopic (exact) mass is 391 g/mol. The van der Waals surface area contributed by atoms with Crippen molar-refractivity contribution in [3.05, 3.63) is 0 Å². The molecular weight excluding hydrogens is 350 g/mol. The van der Waals surface area contributed by atoms with Gasteiger partial charge in [0.2, 0.25) is 17.7 Å². The van der Waals surface area contributed by atoms with Crippen molar-refractivity contribution in [2.75, 3.05) is 26.7 Å². The Morgan fingerprint density at radius 3 is 1.70 bits per heavy atom. The first-order valence-electron chi connectivity index (χ1n) is 9.88. The van der Waals surface area contributed by atoms with Crippen LogP contribution in [0.2, 0.25) is 0 Å². The minimum absolute atomic E-state index is 0.0282. The fourth-order valence-electron chi connectivity index (χ4n) is 1.98. The van der Waals surface area contributed by atoms with Crippen LogP contribution in [-0.4, -0.2) is 59.7 Å². The van der Waals surface area contributed by atoms with Gasteiger partial charge in [0.05, 0.1) is 6.54 Å². The zero-order valence-corrected chi connectivity index (χ0v) is 17.8. The molecule has 0 saturated carbocycles. The summed E-state index contributed by atoms with van der Waals surface area (Å²) >= 11 is 0. The average Bonchev–Trinajstić information content (AvgIpc) is 3.22. The molecule has 0 aromatic heterocycles. The summed E-state index contributed by atoms with van der Waals surface area (Å²) in [5.74, 6) is -1.09. The van der Waals surface area contributed by atoms with E-state index in [2.05, 4.69) is 33.0 Å². The van der Waals surface area contributed by atoms with Crippen LogP contribution in [0.1, 0.15) is 79.1 Å². The molecule has 0 radical (unpaired) electrons. The lowest BCUT2D eigenvalue weighted by Crippen LogP contribution is -2.38. The first-order valence-corrected chi connectivity index (χ1v) is 9.88. The molecule has 1 aliphatic heterocycles. The Labute approximate surface area is 164 Å². The highest BCUT2D eigenvalue weighted by molar-refractivity contribution is 5.87. The van der Waals surface area contributed by atoms with Gasteiger partial charge in [-0.2, -0.15) is 0 Å². The second kappa shape index (κ2) is 24.3. The van der Waals surface area contributed by atoms with E-state index < -0.39 is 5.91 Å². The number of nitrogens with zero attached hydrogens (tertiary/aromatic N) is 1. The highest BCUT2D eigenvalue weighted by Crippen LogP contribution is 2.06. The molecule has 0 unspecified atom stereocenters. The third-order valence-electron chi connectivity index (χ3n) is 3.31. The van der Waals surface area contributed by atoms with Crippen LogP contribution in [0.15, 0.2) is 0 Å². The largest absolute Gasteiger partial charge is 0.400 e. The van der Waals surface area contributed by atoms with Crippen molar-refractivity contribution in [2.45, 2.75) is 79.1 Å². The lowest BCUT2D eigenvalue weighted by molar-refractivity contribution is -0.133. The Bertz CT molecular complexity index is 357. The third-order valence-corrected chi connectivity index (χ3v) is 3.31. The van der Waals surface area contributed by atoms with Crippen molar-refractivity contribution in [2.24, 2.45) is 0 Å². The smallest absolute Gasteiger partial charge is 0.243 e. The Hall–Kier alpha value is -1.67. The first kappa shape index (κ1) is 30.1. The number of unbranched alkanes of at least 4 members (excludes halogenated alkanes) is 2. The van der Waals surface area contributed by atoms with E-state index >= 15 is 0 Å². The van der Waals surface area contributed by atoms with Crippen molar-refractivity contribution < 1.29 is 24.7 Å². The van der Waals surface area contributed by atoms with E-state index in [4.69, 9.17) is 10.3 Å². The summed E-state index contributed by atoms with van der Waals surface area (Å²) in [6.07, 6.45) is 7.21. The van der Waals surface area contributed by atoms with Crippen LogP contribution in [0.5, 0.6) is 0 Å². The molecule has 4 N–H and O–H groups in total. The van der Waals surface area contributed by atoms with Crippen molar-refractivity contribution in [3.8, 4) is 0 Å². The van der Waals surface area contributed by atoms with E-state index in [0.717, 1.165) is 33.0 Å². The number of hydrogen-bond acceptors (Lipinski definition) is 5. The van der Waals surface area contributed by atoms with Gasteiger partial charge in [-0.15, -0.1) is 0 Å². The second-order valence-corrected chi connectivity index (χ2v) is 5.96. The number of hydrogen-bond donors (Lipinski definition) is 4. The van der Waals surface area contributed by atoms with Crippen LogP contribution in [-0.2, 0) is 14.4 Å². The number of rotatable bonds is 7. The number of carbonyl (C=O) groups excluding carboxylic acids is 3. The topological polar surface area (TPSA) is 119 Å². The first-order chi connectivity index (χ1) is 13.0. The summed E-state index contributed by atoms with van der Waals surface area (Å²) in [5, 5.41) is 17.7. The molecule has 0 aromatic carbocycles. The molecule has 8 nitrogen and oxygen atoms in total. The van der Waals surface area contributed by atoms with Gasteiger partial charge >= 0.3 is 0 Å². The van der Waals surface area contributed by atoms with Gasteiger partial charge in [-0.1, -0.05) is 53.4 Å². The molecule has 0 atom stereocenters. The fraction of sp³-hybridized carbons (Fsp3) is 0.842. The maximum Gasteiger partial charge on any atom is 0.243 e. The third kappa shape index (κ3) is 22.3. The molecule has 1 fully saturated rings. The summed E-state index contributed by atoms with van der Waals surface area (Å²) in [6, 6.07) is 0. The van der Waals surface area contributed by atoms with E-state index in [9.17, 15) is 14.4 Å². The Balaban J connectivity index is -0.000000481. The Morgan fingerprint density at radius 1 is 0.889 bits per heavy atom. The van der Waals surface area contributed by atoms with Crippen LogP contribution in [0, 0.1) is 0 Å². The molecule has 0 spiro atoms. The van der Waals surface area contributed by atoms with Gasteiger partial charge in [0, 0.05) is 33.0 Å². The van der Waals surface area contributed by atoms with Crippen molar-refractivity contribution in [1.29, 1.82) is 0 Å². The van der Waals surface area contributed by atoms with E-state index in [1.165, 1.54) is 31.2 Å². The van der Waals surface area contributed by atoms with Crippen LogP contribution in [0.25, 0.3) is 0 Å². The molecule has 3 amide bonds. The van der Waals surface area contributed by atoms with Crippen molar-refractivity contribution in [1.82, 2.24) is 15.7 Å². The maximum absolute atomic E-state index is 11.5. The van der Waals surface area contributed by atoms with E-state index in [-0.39, 0.29) is 31.2 Å². The minimum atomic E-state index is -0.619. The molecular formula is C19H41N3O5. The van der Waals surface area contributed by atoms with Crippen LogP contribution in [0.3, 0.4) is 0 Å². The highest BCUT2D eigenvalue weighted by Gasteiger charge is 2.18. The predicted octanol–water partition coefficient (Wildman–Crippen LogP) is 2.23. The predicted molar refractivity (Wildman–Crippen MR) is 107 cm³/mol. The van der Waals surface area contributed by atoms with Gasteiger partial charge in [-0.25, -0.2) is 5.48 Å². The summed E-state index contributed by atoms with van der Waals surface area (Å²) in [4.78, 5) is 35.1. The number of carbonyl (C=O) groups is 3. The van der Waals surface area contributed by atoms with Gasteiger partial charge in [0.1, 0.15) is 0 Å². The van der Waals surface area contributed by atoms with Crippen molar-refractivity contribution >= 4 is 17.7 Å². The van der Waals surface area contributed by atoms with Crippen LogP contribution in [0.4, 0.5) is 0 Å². The normalized spacial score (nSPS) is 11.6. The molecule has 8 heteroatoms. The quantitative estimate of drug-likeness (QED) is 0.392. The number of hydroxylamine groups is 1. The van der Waals surface area contributed by atoms with Crippen LogP contribution < -0.4 is 10.8 Å². The molecule has 162 valence electrons. The number of nitrogens with one attached hydrogen (secondary N) is 2. The average molecular weight is 392 g/mol. The lowest BCUT2D eigenvalue weighted by Gasteiger charge is -2.15. The zero-order chi connectivity index (χ0) is 21.5. The minimum Gasteiger partial charge on any atom is -0.400 e. The number of aliphatic hydroxyl groups is 1. The SMILES string of the molecule is CCC.CCCCC.CO.O=C(CCC(=O)NCC(=O)N1CCCC1)NO. The second-order valence-electron chi connectivity index (χ2n) is 5.96. The van der Waals surface area contributed by atoms with Gasteiger partial charge in [-0.05, 0) is 12.8 Å². The van der Waals surface area contributed by atoms with Crippen LogP contribution >= 0.6 is 0 Å². The van der Waals surface area contributed by atoms with Crippen molar-refractivity contribution in [3.63, 3.8) is 0 Å². The molecule has 1 rings (SSSR count). The molecule has 0 aliphatic carbocycles. The Morgan fingerprint density at radius 2 is 1.33 bits per heavy atom. The van der Waals surface area contributed by atoms with E-state index in [1.807, 2.05) is 0 Å². The molecule has 27 heavy (non-hydrogen) atoms. The van der Waals surface area contributed by atoms with Gasteiger partial charge in [0.15, 0.2) is 0 Å². The summed E-state index contributed by atoms with van der Waals surface area (Å²) in [7, 11) is 1.00. The number of amides is 3. The van der Waals surface area contributed by atoms with Gasteiger partial charge < -0.3 is 15.3 Å². The van der Waals surface area contributed by atoms with Gasteiger partial charge in [0.25, 0.3) is 0 Å². The molecule has 1 heterocycles. The molecule has 1 aliphatic rings. The summed E-state index contributed by atoms with van der Waals surface area (Å²) in [5.41, 5.74) is 1.44. The highest BCUT2D eigenvalue weighted by atomic mass is 16.5. The molecule has 0 bridgehead atoms. The van der Waals surface area contributed by atoms with E-state index in [0.29, 0.717) is 0 Å². The summed E-state index contributed by atoms with van der Waals surface area (Å²) < 4.78 is 0. The lowest BCUT2D eigenvalue weighted by atomic mass is 10.3. The maximum atomic E-state index is 11.5. The molecule has 1 saturated heterocycles. The molecule has 0 aromatic rings.